The summed E-state index contributed by atoms with van der Waals surface area (Å²) in [7, 11) is 3.21. The number of nitro benzene ring substituents is 1. The first-order valence-electron chi connectivity index (χ1n) is 5.63. The van der Waals surface area contributed by atoms with Gasteiger partial charge in [-0.25, -0.2) is 0 Å². The first kappa shape index (κ1) is 14.6. The van der Waals surface area contributed by atoms with Crippen molar-refractivity contribution in [2.45, 2.75) is 12.6 Å². The van der Waals surface area contributed by atoms with Gasteiger partial charge in [-0.1, -0.05) is 18.2 Å². The number of methoxy groups -OCH3 is 2. The molecular weight excluding hydrogens is 236 g/mol. The molecule has 0 aromatic heterocycles. The minimum absolute atomic E-state index is 0.0576. The predicted octanol–water partition coefficient (Wildman–Crippen LogP) is 1.35. The van der Waals surface area contributed by atoms with Crippen LogP contribution in [0.1, 0.15) is 5.56 Å². The Labute approximate surface area is 106 Å². The van der Waals surface area contributed by atoms with Crippen LogP contribution in [0.5, 0.6) is 0 Å². The second kappa shape index (κ2) is 7.75. The van der Waals surface area contributed by atoms with Gasteiger partial charge < -0.3 is 14.8 Å². The van der Waals surface area contributed by atoms with Gasteiger partial charge in [-0.3, -0.25) is 10.1 Å². The number of hydrogen-bond acceptors (Lipinski definition) is 5. The van der Waals surface area contributed by atoms with Crippen LogP contribution in [0, 0.1) is 10.1 Å². The molecule has 100 valence electrons. The minimum Gasteiger partial charge on any atom is -0.382 e. The summed E-state index contributed by atoms with van der Waals surface area (Å²) in [6.45, 7) is 1.50. The molecule has 1 rings (SSSR count). The molecule has 0 amide bonds. The summed E-state index contributed by atoms with van der Waals surface area (Å²) in [6, 6.07) is 6.68. The maximum absolute atomic E-state index is 10.8. The van der Waals surface area contributed by atoms with Crippen LogP contribution in [0.15, 0.2) is 24.3 Å². The van der Waals surface area contributed by atoms with Gasteiger partial charge in [0.25, 0.3) is 5.69 Å². The predicted molar refractivity (Wildman–Crippen MR) is 67.5 cm³/mol. The number of nitro groups is 1. The molecular formula is C12H18N2O4. The van der Waals surface area contributed by atoms with Crippen molar-refractivity contribution in [1.29, 1.82) is 0 Å². The molecule has 0 saturated carbocycles. The third kappa shape index (κ3) is 4.40. The molecule has 0 heterocycles. The van der Waals surface area contributed by atoms with Gasteiger partial charge >= 0.3 is 0 Å². The summed E-state index contributed by atoms with van der Waals surface area (Å²) in [6.07, 6.45) is -0.0576. The Kier molecular flexibility index (Phi) is 6.27. The third-order valence-corrected chi connectivity index (χ3v) is 2.56. The van der Waals surface area contributed by atoms with Crippen molar-refractivity contribution in [2.75, 3.05) is 27.4 Å². The van der Waals surface area contributed by atoms with Crippen LogP contribution in [0.2, 0.25) is 0 Å². The number of ether oxygens (including phenoxy) is 2. The maximum Gasteiger partial charge on any atom is 0.273 e. The lowest BCUT2D eigenvalue weighted by atomic mass is 10.2. The average Bonchev–Trinajstić information content (AvgIpc) is 2.38. The number of para-hydroxylation sites is 1. The fourth-order valence-corrected chi connectivity index (χ4v) is 1.60. The van der Waals surface area contributed by atoms with E-state index < -0.39 is 0 Å². The van der Waals surface area contributed by atoms with Crippen molar-refractivity contribution in [2.24, 2.45) is 0 Å². The SMILES string of the molecule is COCC(CNCc1ccccc1[N+](=O)[O-])OC. The molecule has 0 bridgehead atoms. The lowest BCUT2D eigenvalue weighted by Crippen LogP contribution is -2.31. The van der Waals surface area contributed by atoms with Gasteiger partial charge in [0.2, 0.25) is 0 Å². The molecule has 0 aliphatic rings. The molecule has 18 heavy (non-hydrogen) atoms. The highest BCUT2D eigenvalue weighted by atomic mass is 16.6. The van der Waals surface area contributed by atoms with Gasteiger partial charge in [-0.05, 0) is 0 Å². The fourth-order valence-electron chi connectivity index (χ4n) is 1.60. The first-order valence-corrected chi connectivity index (χ1v) is 5.63. The summed E-state index contributed by atoms with van der Waals surface area (Å²) in [5.41, 5.74) is 0.792. The van der Waals surface area contributed by atoms with Crippen LogP contribution in [0.25, 0.3) is 0 Å². The third-order valence-electron chi connectivity index (χ3n) is 2.56. The molecule has 1 atom stereocenters. The topological polar surface area (TPSA) is 73.6 Å². The molecule has 6 heteroatoms. The van der Waals surface area contributed by atoms with Crippen molar-refractivity contribution < 1.29 is 14.4 Å². The van der Waals surface area contributed by atoms with E-state index in [1.165, 1.54) is 6.07 Å². The zero-order valence-electron chi connectivity index (χ0n) is 10.6. The van der Waals surface area contributed by atoms with Gasteiger partial charge in [0.15, 0.2) is 0 Å². The molecule has 6 nitrogen and oxygen atoms in total. The molecule has 0 spiro atoms. The Morgan fingerprint density at radius 1 is 1.39 bits per heavy atom. The summed E-state index contributed by atoms with van der Waals surface area (Å²) in [4.78, 5) is 10.4. The van der Waals surface area contributed by atoms with E-state index in [1.54, 1.807) is 32.4 Å². The minimum atomic E-state index is -0.375. The van der Waals surface area contributed by atoms with Crippen molar-refractivity contribution in [3.63, 3.8) is 0 Å². The molecule has 1 unspecified atom stereocenters. The molecule has 1 aromatic rings. The Bertz CT molecular complexity index is 384. The second-order valence-corrected chi connectivity index (χ2v) is 3.83. The van der Waals surface area contributed by atoms with Crippen LogP contribution in [0.4, 0.5) is 5.69 Å². The molecule has 0 saturated heterocycles. The van der Waals surface area contributed by atoms with Gasteiger partial charge in [0.1, 0.15) is 0 Å². The van der Waals surface area contributed by atoms with Crippen LogP contribution in [-0.2, 0) is 16.0 Å². The Hall–Kier alpha value is -1.50. The summed E-state index contributed by atoms with van der Waals surface area (Å²) >= 11 is 0. The summed E-state index contributed by atoms with van der Waals surface area (Å²) in [5.74, 6) is 0. The van der Waals surface area contributed by atoms with Gasteiger partial charge in [0, 0.05) is 38.9 Å². The van der Waals surface area contributed by atoms with Gasteiger partial charge in [-0.2, -0.15) is 0 Å². The average molecular weight is 254 g/mol. The first-order chi connectivity index (χ1) is 8.69. The lowest BCUT2D eigenvalue weighted by molar-refractivity contribution is -0.385. The fraction of sp³-hybridized carbons (Fsp3) is 0.500. The van der Waals surface area contributed by atoms with Gasteiger partial charge in [0.05, 0.1) is 17.6 Å². The lowest BCUT2D eigenvalue weighted by Gasteiger charge is -2.14. The van der Waals surface area contributed by atoms with Crippen LogP contribution < -0.4 is 5.32 Å². The molecule has 1 N–H and O–H groups in total. The zero-order chi connectivity index (χ0) is 13.4. The second-order valence-electron chi connectivity index (χ2n) is 3.83. The van der Waals surface area contributed by atoms with E-state index >= 15 is 0 Å². The normalized spacial score (nSPS) is 12.3. The van der Waals surface area contributed by atoms with Crippen LogP contribution in [0.3, 0.4) is 0 Å². The van der Waals surface area contributed by atoms with E-state index in [-0.39, 0.29) is 16.7 Å². The molecule has 1 aromatic carbocycles. The van der Waals surface area contributed by atoms with E-state index in [9.17, 15) is 10.1 Å². The quantitative estimate of drug-likeness (QED) is 0.560. The number of rotatable bonds is 8. The molecule has 0 aliphatic heterocycles. The standard InChI is InChI=1S/C12H18N2O4/c1-17-9-11(18-2)8-13-7-10-5-3-4-6-12(10)14(15)16/h3-6,11,13H,7-9H2,1-2H3. The smallest absolute Gasteiger partial charge is 0.273 e. The largest absolute Gasteiger partial charge is 0.382 e. The maximum atomic E-state index is 10.8. The molecule has 0 radical (unpaired) electrons. The van der Waals surface area contributed by atoms with E-state index in [0.29, 0.717) is 25.3 Å². The number of nitrogens with zero attached hydrogens (tertiary/aromatic N) is 1. The van der Waals surface area contributed by atoms with Gasteiger partial charge in [-0.15, -0.1) is 0 Å². The van der Waals surface area contributed by atoms with E-state index in [4.69, 9.17) is 9.47 Å². The van der Waals surface area contributed by atoms with E-state index in [2.05, 4.69) is 5.32 Å². The van der Waals surface area contributed by atoms with Crippen LogP contribution >= 0.6 is 0 Å². The Morgan fingerprint density at radius 2 is 2.11 bits per heavy atom. The highest BCUT2D eigenvalue weighted by molar-refractivity contribution is 5.39. The Morgan fingerprint density at radius 3 is 2.72 bits per heavy atom. The Balaban J connectivity index is 2.50. The summed E-state index contributed by atoms with van der Waals surface area (Å²) < 4.78 is 10.2. The molecule has 0 aliphatic carbocycles. The monoisotopic (exact) mass is 254 g/mol. The van der Waals surface area contributed by atoms with Crippen molar-refractivity contribution in [1.82, 2.24) is 5.32 Å². The highest BCUT2D eigenvalue weighted by Crippen LogP contribution is 2.16. The highest BCUT2D eigenvalue weighted by Gasteiger charge is 2.12. The summed E-state index contributed by atoms with van der Waals surface area (Å²) in [5, 5.41) is 13.9. The number of nitrogens with one attached hydrogen (secondary N) is 1. The van der Waals surface area contributed by atoms with Crippen LogP contribution in [-0.4, -0.2) is 38.4 Å². The van der Waals surface area contributed by atoms with Crippen molar-refractivity contribution in [3.8, 4) is 0 Å². The number of hydrogen-bond donors (Lipinski definition) is 1. The van der Waals surface area contributed by atoms with E-state index in [0.717, 1.165) is 0 Å². The zero-order valence-corrected chi connectivity index (χ0v) is 10.6. The van der Waals surface area contributed by atoms with Crippen molar-refractivity contribution in [3.05, 3.63) is 39.9 Å². The number of benzene rings is 1. The van der Waals surface area contributed by atoms with E-state index in [1.807, 2.05) is 0 Å². The molecule has 0 fully saturated rings. The van der Waals surface area contributed by atoms with Crippen molar-refractivity contribution >= 4 is 5.69 Å².